The van der Waals surface area contributed by atoms with Crippen molar-refractivity contribution in [1.82, 2.24) is 30.1 Å². The molecule has 3 N–H and O–H groups in total. The molecule has 0 aliphatic rings. The van der Waals surface area contributed by atoms with E-state index in [1.54, 1.807) is 30.7 Å². The Hall–Kier alpha value is -3.43. The fourth-order valence-corrected chi connectivity index (χ4v) is 2.52. The molecule has 0 saturated carbocycles. The van der Waals surface area contributed by atoms with Crippen molar-refractivity contribution in [1.29, 1.82) is 0 Å². The first-order valence-corrected chi connectivity index (χ1v) is 7.61. The van der Waals surface area contributed by atoms with Gasteiger partial charge in [0.25, 0.3) is 0 Å². The number of H-pyrrole nitrogens is 2. The zero-order valence-electron chi connectivity index (χ0n) is 13.2. The van der Waals surface area contributed by atoms with Crippen molar-refractivity contribution in [3.05, 3.63) is 54.2 Å². The van der Waals surface area contributed by atoms with Gasteiger partial charge in [-0.3, -0.25) is 10.1 Å². The Labute approximate surface area is 144 Å². The number of aromatic nitrogens is 6. The maximum atomic E-state index is 12.8. The van der Waals surface area contributed by atoms with E-state index in [0.717, 1.165) is 5.56 Å². The van der Waals surface area contributed by atoms with Crippen LogP contribution in [0.1, 0.15) is 11.4 Å². The Balaban J connectivity index is 1.70. The summed E-state index contributed by atoms with van der Waals surface area (Å²) in [6, 6.07) is 7.05. The molecule has 4 rings (SSSR count). The van der Waals surface area contributed by atoms with Crippen LogP contribution in [-0.2, 0) is 12.7 Å². The maximum Gasteiger partial charge on any atom is 0.451 e. The Morgan fingerprint density at radius 1 is 1.08 bits per heavy atom. The first-order chi connectivity index (χ1) is 12.5. The minimum absolute atomic E-state index is 0.0451. The summed E-state index contributed by atoms with van der Waals surface area (Å²) >= 11 is 0. The van der Waals surface area contributed by atoms with E-state index < -0.39 is 12.0 Å². The van der Waals surface area contributed by atoms with Gasteiger partial charge in [-0.05, 0) is 29.8 Å². The van der Waals surface area contributed by atoms with E-state index in [4.69, 9.17) is 0 Å². The average molecular weight is 359 g/mol. The summed E-state index contributed by atoms with van der Waals surface area (Å²) in [4.78, 5) is 14.9. The van der Waals surface area contributed by atoms with Crippen LogP contribution in [0.25, 0.3) is 22.4 Å². The molecule has 0 bridgehead atoms. The van der Waals surface area contributed by atoms with E-state index in [1.807, 2.05) is 17.2 Å². The van der Waals surface area contributed by atoms with Gasteiger partial charge in [-0.2, -0.15) is 18.3 Å². The number of alkyl halides is 3. The number of aromatic amines is 2. The molecular formula is C16H12F3N7. The van der Waals surface area contributed by atoms with E-state index in [9.17, 15) is 13.2 Å². The molecule has 0 unspecified atom stereocenters. The van der Waals surface area contributed by atoms with Gasteiger partial charge >= 0.3 is 6.18 Å². The minimum Gasteiger partial charge on any atom is -0.366 e. The fourth-order valence-electron chi connectivity index (χ4n) is 2.52. The number of anilines is 1. The van der Waals surface area contributed by atoms with Crippen molar-refractivity contribution in [3.8, 4) is 11.4 Å². The molecular weight excluding hydrogens is 347 g/mol. The largest absolute Gasteiger partial charge is 0.451 e. The highest BCUT2D eigenvalue weighted by molar-refractivity contribution is 5.92. The van der Waals surface area contributed by atoms with Crippen LogP contribution < -0.4 is 5.32 Å². The topological polar surface area (TPSA) is 95.2 Å². The molecule has 132 valence electrons. The van der Waals surface area contributed by atoms with Gasteiger partial charge in [0, 0.05) is 36.1 Å². The SMILES string of the molecule is FC(F)(F)c1nc(-c2cc(NCc3ccncc3)nc3[nH]ccc23)n[nH]1. The summed E-state index contributed by atoms with van der Waals surface area (Å²) in [6.07, 6.45) is 0.426. The first kappa shape index (κ1) is 16.1. The lowest BCUT2D eigenvalue weighted by atomic mass is 10.1. The third-order valence-corrected chi connectivity index (χ3v) is 3.75. The van der Waals surface area contributed by atoms with Crippen molar-refractivity contribution < 1.29 is 13.2 Å². The quantitative estimate of drug-likeness (QED) is 0.519. The summed E-state index contributed by atoms with van der Waals surface area (Å²) in [6.45, 7) is 0.489. The molecule has 0 atom stereocenters. The minimum atomic E-state index is -4.59. The van der Waals surface area contributed by atoms with Crippen molar-refractivity contribution >= 4 is 16.9 Å². The summed E-state index contributed by atoms with van der Waals surface area (Å²) in [5.74, 6) is -0.694. The van der Waals surface area contributed by atoms with Crippen LogP contribution in [0.5, 0.6) is 0 Å². The monoisotopic (exact) mass is 359 g/mol. The Kier molecular flexibility index (Phi) is 3.79. The summed E-state index contributed by atoms with van der Waals surface area (Å²) in [7, 11) is 0. The van der Waals surface area contributed by atoms with E-state index in [0.29, 0.717) is 29.0 Å². The molecule has 0 aliphatic carbocycles. The second-order valence-corrected chi connectivity index (χ2v) is 5.51. The molecule has 0 aliphatic heterocycles. The molecule has 0 amide bonds. The lowest BCUT2D eigenvalue weighted by Gasteiger charge is -2.08. The first-order valence-electron chi connectivity index (χ1n) is 7.61. The van der Waals surface area contributed by atoms with Crippen molar-refractivity contribution in [2.75, 3.05) is 5.32 Å². The van der Waals surface area contributed by atoms with Crippen LogP contribution in [0.4, 0.5) is 19.0 Å². The van der Waals surface area contributed by atoms with Crippen LogP contribution in [0.2, 0.25) is 0 Å². The second kappa shape index (κ2) is 6.14. The number of nitrogens with zero attached hydrogens (tertiary/aromatic N) is 4. The van der Waals surface area contributed by atoms with E-state index in [1.165, 1.54) is 0 Å². The van der Waals surface area contributed by atoms with Gasteiger partial charge in [-0.25, -0.2) is 9.97 Å². The number of nitrogens with one attached hydrogen (secondary N) is 3. The Morgan fingerprint density at radius 3 is 2.62 bits per heavy atom. The lowest BCUT2D eigenvalue weighted by molar-refractivity contribution is -0.144. The normalized spacial score (nSPS) is 11.8. The molecule has 4 aromatic rings. The number of halogens is 3. The van der Waals surface area contributed by atoms with Crippen molar-refractivity contribution in [3.63, 3.8) is 0 Å². The van der Waals surface area contributed by atoms with Gasteiger partial charge in [-0.15, -0.1) is 0 Å². The van der Waals surface area contributed by atoms with E-state index >= 15 is 0 Å². The average Bonchev–Trinajstić information content (AvgIpc) is 3.29. The van der Waals surface area contributed by atoms with Gasteiger partial charge in [0.15, 0.2) is 5.82 Å². The molecule has 0 spiro atoms. The number of hydrogen-bond acceptors (Lipinski definition) is 5. The van der Waals surface area contributed by atoms with Crippen molar-refractivity contribution in [2.45, 2.75) is 12.7 Å². The molecule has 7 nitrogen and oxygen atoms in total. The van der Waals surface area contributed by atoms with E-state index in [2.05, 4.69) is 30.4 Å². The smallest absolute Gasteiger partial charge is 0.366 e. The van der Waals surface area contributed by atoms with Gasteiger partial charge < -0.3 is 10.3 Å². The molecule has 0 aromatic carbocycles. The van der Waals surface area contributed by atoms with Crippen LogP contribution in [0, 0.1) is 0 Å². The highest BCUT2D eigenvalue weighted by Crippen LogP contribution is 2.31. The van der Waals surface area contributed by atoms with Crippen molar-refractivity contribution in [2.24, 2.45) is 0 Å². The zero-order valence-corrected chi connectivity index (χ0v) is 13.2. The molecule has 10 heteroatoms. The third-order valence-electron chi connectivity index (χ3n) is 3.75. The zero-order chi connectivity index (χ0) is 18.1. The van der Waals surface area contributed by atoms with Crippen LogP contribution in [0.3, 0.4) is 0 Å². The predicted molar refractivity (Wildman–Crippen MR) is 88.0 cm³/mol. The fraction of sp³-hybridized carbons (Fsp3) is 0.125. The molecule has 4 heterocycles. The van der Waals surface area contributed by atoms with Crippen LogP contribution >= 0.6 is 0 Å². The predicted octanol–water partition coefficient (Wildman–Crippen LogP) is 3.37. The number of fused-ring (bicyclic) bond motifs is 1. The molecule has 0 saturated heterocycles. The molecule has 0 fully saturated rings. The van der Waals surface area contributed by atoms with Gasteiger partial charge in [0.2, 0.25) is 5.82 Å². The number of pyridine rings is 2. The van der Waals surface area contributed by atoms with Gasteiger partial charge in [-0.1, -0.05) is 0 Å². The van der Waals surface area contributed by atoms with E-state index in [-0.39, 0.29) is 5.82 Å². The lowest BCUT2D eigenvalue weighted by Crippen LogP contribution is -2.07. The molecule has 4 aromatic heterocycles. The van der Waals surface area contributed by atoms with Crippen LogP contribution in [-0.4, -0.2) is 30.1 Å². The maximum absolute atomic E-state index is 12.8. The second-order valence-electron chi connectivity index (χ2n) is 5.51. The van der Waals surface area contributed by atoms with Gasteiger partial charge in [0.1, 0.15) is 11.5 Å². The highest BCUT2D eigenvalue weighted by atomic mass is 19.4. The number of rotatable bonds is 4. The summed E-state index contributed by atoms with van der Waals surface area (Å²) < 4.78 is 38.4. The third kappa shape index (κ3) is 3.08. The van der Waals surface area contributed by atoms with Gasteiger partial charge in [0.05, 0.1) is 0 Å². The standard InChI is InChI=1S/C16H12F3N7/c17-16(18,19)15-24-14(25-26-15)11-7-12(23-13-10(11)3-6-21-13)22-8-9-1-4-20-5-2-9/h1-7H,8H2,(H2,21,22,23)(H,24,25,26). The molecule has 0 radical (unpaired) electrons. The Morgan fingerprint density at radius 2 is 1.88 bits per heavy atom. The Bertz CT molecular complexity index is 1040. The summed E-state index contributed by atoms with van der Waals surface area (Å²) in [5, 5.41) is 9.42. The number of hydrogen-bond donors (Lipinski definition) is 3. The summed E-state index contributed by atoms with van der Waals surface area (Å²) in [5.41, 5.74) is 1.96. The molecule has 26 heavy (non-hydrogen) atoms. The van der Waals surface area contributed by atoms with Crippen LogP contribution in [0.15, 0.2) is 42.9 Å². The highest BCUT2D eigenvalue weighted by Gasteiger charge is 2.35.